The monoisotopic (exact) mass is 426 g/mol. The molecule has 0 heterocycles. The summed E-state index contributed by atoms with van der Waals surface area (Å²) in [6.45, 7) is 4.53. The van der Waals surface area contributed by atoms with Gasteiger partial charge in [0.25, 0.3) is 0 Å². The predicted octanol–water partition coefficient (Wildman–Crippen LogP) is 8.91. The van der Waals surface area contributed by atoms with Crippen LogP contribution in [0.1, 0.15) is 135 Å². The second-order valence-electron chi connectivity index (χ2n) is 10.6. The highest BCUT2D eigenvalue weighted by atomic mass is 16.5. The standard InChI is InChI=1S/C29H46O2/c1-3-5-7-9-10-11-13-27(30)31-26-16-14-25(15-17-26)29-22-19-28(20-23-29,21-24-29)18-12-8-6-4-2/h14-17H,3-13,18-24H2,1-2H3. The maximum atomic E-state index is 12.2. The quantitative estimate of drug-likeness (QED) is 0.169. The molecule has 3 aliphatic carbocycles. The lowest BCUT2D eigenvalue weighted by Gasteiger charge is -2.54. The number of carbonyl (C=O) groups is 1. The molecular formula is C29H46O2. The number of rotatable bonds is 14. The molecule has 2 bridgehead atoms. The SMILES string of the molecule is CCCCCCCCC(=O)Oc1ccc(C23CCC(CCCCCC)(CC2)CC3)cc1. The van der Waals surface area contributed by atoms with Gasteiger partial charge in [-0.05, 0) is 79.9 Å². The lowest BCUT2D eigenvalue weighted by atomic mass is 9.51. The molecule has 3 saturated carbocycles. The number of ether oxygens (including phenoxy) is 1. The van der Waals surface area contributed by atoms with E-state index < -0.39 is 0 Å². The van der Waals surface area contributed by atoms with Gasteiger partial charge < -0.3 is 4.74 Å². The Morgan fingerprint density at radius 3 is 1.90 bits per heavy atom. The number of hydrogen-bond donors (Lipinski definition) is 0. The first-order valence-corrected chi connectivity index (χ1v) is 13.4. The van der Waals surface area contributed by atoms with Crippen molar-refractivity contribution >= 4 is 5.97 Å². The molecule has 1 aromatic carbocycles. The van der Waals surface area contributed by atoms with E-state index in [0.29, 0.717) is 23.0 Å². The van der Waals surface area contributed by atoms with Crippen LogP contribution in [0.15, 0.2) is 24.3 Å². The molecule has 0 N–H and O–H groups in total. The molecule has 2 heteroatoms. The molecular weight excluding hydrogens is 380 g/mol. The highest BCUT2D eigenvalue weighted by Crippen LogP contribution is 2.59. The summed E-state index contributed by atoms with van der Waals surface area (Å²) in [7, 11) is 0. The molecule has 3 fully saturated rings. The van der Waals surface area contributed by atoms with Crippen LogP contribution in [0.3, 0.4) is 0 Å². The van der Waals surface area contributed by atoms with Crippen molar-refractivity contribution in [3.8, 4) is 5.75 Å². The summed E-state index contributed by atoms with van der Waals surface area (Å²) in [6, 6.07) is 8.55. The summed E-state index contributed by atoms with van der Waals surface area (Å²) < 4.78 is 5.60. The fraction of sp³-hybridized carbons (Fsp3) is 0.759. The van der Waals surface area contributed by atoms with E-state index in [0.717, 1.165) is 12.8 Å². The largest absolute Gasteiger partial charge is 0.427 e. The van der Waals surface area contributed by atoms with Crippen molar-refractivity contribution in [1.82, 2.24) is 0 Å². The van der Waals surface area contributed by atoms with Crippen molar-refractivity contribution in [2.24, 2.45) is 5.41 Å². The summed E-state index contributed by atoms with van der Waals surface area (Å²) in [5, 5.41) is 0. The summed E-state index contributed by atoms with van der Waals surface area (Å²) in [5.74, 6) is 0.637. The van der Waals surface area contributed by atoms with Crippen LogP contribution in [0.4, 0.5) is 0 Å². The van der Waals surface area contributed by atoms with E-state index in [1.54, 1.807) is 0 Å². The normalized spacial score (nSPS) is 25.0. The third-order valence-corrected chi connectivity index (χ3v) is 8.40. The van der Waals surface area contributed by atoms with Crippen molar-refractivity contribution < 1.29 is 9.53 Å². The van der Waals surface area contributed by atoms with Crippen molar-refractivity contribution in [2.45, 2.75) is 135 Å². The second kappa shape index (κ2) is 12.1. The summed E-state index contributed by atoms with van der Waals surface area (Å²) >= 11 is 0. The van der Waals surface area contributed by atoms with Crippen LogP contribution in [0, 0.1) is 5.41 Å². The van der Waals surface area contributed by atoms with Gasteiger partial charge in [0, 0.05) is 6.42 Å². The predicted molar refractivity (Wildman–Crippen MR) is 131 cm³/mol. The number of carbonyl (C=O) groups excluding carboxylic acids is 1. The fourth-order valence-electron chi connectivity index (χ4n) is 6.11. The van der Waals surface area contributed by atoms with E-state index in [9.17, 15) is 4.79 Å². The zero-order valence-corrected chi connectivity index (χ0v) is 20.4. The Morgan fingerprint density at radius 2 is 1.29 bits per heavy atom. The number of unbranched alkanes of at least 4 members (excludes halogenated alkanes) is 8. The molecule has 174 valence electrons. The minimum Gasteiger partial charge on any atom is -0.427 e. The Morgan fingerprint density at radius 1 is 0.742 bits per heavy atom. The molecule has 0 atom stereocenters. The van der Waals surface area contributed by atoms with Crippen LogP contribution in [0.2, 0.25) is 0 Å². The lowest BCUT2D eigenvalue weighted by Crippen LogP contribution is -2.44. The number of hydrogen-bond acceptors (Lipinski definition) is 2. The molecule has 31 heavy (non-hydrogen) atoms. The van der Waals surface area contributed by atoms with E-state index >= 15 is 0 Å². The molecule has 2 nitrogen and oxygen atoms in total. The van der Waals surface area contributed by atoms with Crippen molar-refractivity contribution in [1.29, 1.82) is 0 Å². The lowest BCUT2D eigenvalue weighted by molar-refractivity contribution is -0.134. The van der Waals surface area contributed by atoms with Gasteiger partial charge >= 0.3 is 5.97 Å². The van der Waals surface area contributed by atoms with Gasteiger partial charge in [-0.1, -0.05) is 83.8 Å². The second-order valence-corrected chi connectivity index (χ2v) is 10.6. The first-order chi connectivity index (χ1) is 15.1. The highest BCUT2D eigenvalue weighted by Gasteiger charge is 2.48. The van der Waals surface area contributed by atoms with Gasteiger partial charge in [0.2, 0.25) is 0 Å². The van der Waals surface area contributed by atoms with Crippen LogP contribution in [0.25, 0.3) is 0 Å². The maximum Gasteiger partial charge on any atom is 0.311 e. The van der Waals surface area contributed by atoms with Crippen LogP contribution in [0.5, 0.6) is 5.75 Å². The topological polar surface area (TPSA) is 26.3 Å². The Hall–Kier alpha value is -1.31. The van der Waals surface area contributed by atoms with Crippen molar-refractivity contribution in [3.63, 3.8) is 0 Å². The van der Waals surface area contributed by atoms with Crippen LogP contribution in [-0.4, -0.2) is 5.97 Å². The van der Waals surface area contributed by atoms with Gasteiger partial charge in [-0.25, -0.2) is 0 Å². The van der Waals surface area contributed by atoms with Gasteiger partial charge in [0.1, 0.15) is 5.75 Å². The minimum atomic E-state index is -0.0791. The third-order valence-electron chi connectivity index (χ3n) is 8.40. The Balaban J connectivity index is 1.43. The van der Waals surface area contributed by atoms with Gasteiger partial charge in [0.15, 0.2) is 0 Å². The summed E-state index contributed by atoms with van der Waals surface area (Å²) in [4.78, 5) is 12.2. The Kier molecular flexibility index (Phi) is 9.48. The van der Waals surface area contributed by atoms with Crippen molar-refractivity contribution in [3.05, 3.63) is 29.8 Å². The van der Waals surface area contributed by atoms with Gasteiger partial charge in [-0.15, -0.1) is 0 Å². The van der Waals surface area contributed by atoms with E-state index in [1.807, 2.05) is 12.1 Å². The molecule has 0 aromatic heterocycles. The molecule has 4 rings (SSSR count). The molecule has 1 aromatic rings. The van der Waals surface area contributed by atoms with E-state index in [-0.39, 0.29) is 5.97 Å². The van der Waals surface area contributed by atoms with Gasteiger partial charge in [-0.3, -0.25) is 4.79 Å². The van der Waals surface area contributed by atoms with E-state index in [2.05, 4.69) is 26.0 Å². The number of fused-ring (bicyclic) bond motifs is 3. The molecule has 3 aliphatic rings. The average Bonchev–Trinajstić information content (AvgIpc) is 2.81. The van der Waals surface area contributed by atoms with Crippen LogP contribution >= 0.6 is 0 Å². The average molecular weight is 427 g/mol. The molecule has 0 spiro atoms. The van der Waals surface area contributed by atoms with Crippen LogP contribution < -0.4 is 4.74 Å². The van der Waals surface area contributed by atoms with E-state index in [4.69, 9.17) is 4.74 Å². The molecule has 0 aliphatic heterocycles. The zero-order valence-electron chi connectivity index (χ0n) is 20.4. The van der Waals surface area contributed by atoms with Crippen LogP contribution in [-0.2, 0) is 10.2 Å². The summed E-state index contributed by atoms with van der Waals surface area (Å²) in [5.41, 5.74) is 2.51. The number of benzene rings is 1. The maximum absolute atomic E-state index is 12.2. The smallest absolute Gasteiger partial charge is 0.311 e. The molecule has 0 saturated heterocycles. The highest BCUT2D eigenvalue weighted by molar-refractivity contribution is 5.72. The summed E-state index contributed by atoms with van der Waals surface area (Å²) in [6.07, 6.45) is 23.0. The first-order valence-electron chi connectivity index (χ1n) is 13.4. The third kappa shape index (κ3) is 6.83. The zero-order chi connectivity index (χ0) is 22.0. The number of esters is 1. The van der Waals surface area contributed by atoms with Gasteiger partial charge in [-0.2, -0.15) is 0 Å². The Bertz CT molecular complexity index is 635. The molecule has 0 amide bonds. The molecule has 0 radical (unpaired) electrons. The Labute approximate surface area is 191 Å². The minimum absolute atomic E-state index is 0.0791. The van der Waals surface area contributed by atoms with E-state index in [1.165, 1.54) is 102 Å². The molecule has 0 unspecified atom stereocenters. The van der Waals surface area contributed by atoms with Gasteiger partial charge in [0.05, 0.1) is 0 Å². The fourth-order valence-corrected chi connectivity index (χ4v) is 6.11. The van der Waals surface area contributed by atoms with Crippen molar-refractivity contribution in [2.75, 3.05) is 0 Å². The first kappa shape index (κ1) is 24.3.